The van der Waals surface area contributed by atoms with E-state index in [1.165, 1.54) is 4.31 Å². The van der Waals surface area contributed by atoms with Crippen LogP contribution in [0.5, 0.6) is 0 Å². The number of amides is 1. The standard InChI is InChI=1S/C20H27N5O3S/c26-20(18-5-7-19(8-6-18)23-12-9-21-17-23)22-13-15-25(16-14-22)29(27,28)24-10-3-1-2-4-11-24/h5-9,12,17H,1-4,10-11,13-16H2. The smallest absolute Gasteiger partial charge is 0.282 e. The summed E-state index contributed by atoms with van der Waals surface area (Å²) in [5.41, 5.74) is 1.55. The van der Waals surface area contributed by atoms with Gasteiger partial charge in [-0.25, -0.2) is 4.98 Å². The van der Waals surface area contributed by atoms with E-state index in [4.69, 9.17) is 0 Å². The van der Waals surface area contributed by atoms with Crippen molar-refractivity contribution in [1.82, 2.24) is 23.1 Å². The maximum Gasteiger partial charge on any atom is 0.282 e. The zero-order valence-electron chi connectivity index (χ0n) is 16.5. The minimum absolute atomic E-state index is 0.0611. The first-order valence-electron chi connectivity index (χ1n) is 10.2. The summed E-state index contributed by atoms with van der Waals surface area (Å²) in [5.74, 6) is -0.0611. The number of rotatable bonds is 4. The van der Waals surface area contributed by atoms with Gasteiger partial charge in [0.1, 0.15) is 0 Å². The van der Waals surface area contributed by atoms with E-state index in [1.54, 1.807) is 33.9 Å². The molecule has 0 spiro atoms. The second-order valence-electron chi connectivity index (χ2n) is 7.53. The van der Waals surface area contributed by atoms with Crippen LogP contribution in [0.3, 0.4) is 0 Å². The van der Waals surface area contributed by atoms with Crippen LogP contribution in [-0.4, -0.2) is 76.7 Å². The van der Waals surface area contributed by atoms with E-state index in [0.717, 1.165) is 31.4 Å². The summed E-state index contributed by atoms with van der Waals surface area (Å²) in [4.78, 5) is 18.6. The third-order valence-corrected chi connectivity index (χ3v) is 7.70. The summed E-state index contributed by atoms with van der Waals surface area (Å²) in [6, 6.07) is 7.37. The average molecular weight is 418 g/mol. The quantitative estimate of drug-likeness (QED) is 0.759. The first-order chi connectivity index (χ1) is 14.1. The molecule has 0 N–H and O–H groups in total. The Morgan fingerprint density at radius 3 is 2.03 bits per heavy atom. The molecular weight excluding hydrogens is 390 g/mol. The average Bonchev–Trinajstić information content (AvgIpc) is 3.15. The maximum absolute atomic E-state index is 12.9. The first-order valence-corrected chi connectivity index (χ1v) is 11.6. The molecule has 4 rings (SSSR count). The predicted octanol–water partition coefficient (Wildman–Crippen LogP) is 1.75. The fraction of sp³-hybridized carbons (Fsp3) is 0.500. The molecule has 8 nitrogen and oxygen atoms in total. The summed E-state index contributed by atoms with van der Waals surface area (Å²) in [5, 5.41) is 0. The summed E-state index contributed by atoms with van der Waals surface area (Å²) < 4.78 is 30.9. The zero-order chi connectivity index (χ0) is 20.3. The van der Waals surface area contributed by atoms with E-state index >= 15 is 0 Å². The number of nitrogens with zero attached hydrogens (tertiary/aromatic N) is 5. The van der Waals surface area contributed by atoms with Gasteiger partial charge in [0.05, 0.1) is 6.33 Å². The highest BCUT2D eigenvalue weighted by molar-refractivity contribution is 7.86. The molecule has 2 aliphatic heterocycles. The molecular formula is C20H27N5O3S. The largest absolute Gasteiger partial charge is 0.336 e. The minimum Gasteiger partial charge on any atom is -0.336 e. The van der Waals surface area contributed by atoms with Gasteiger partial charge in [-0.1, -0.05) is 12.8 Å². The van der Waals surface area contributed by atoms with Gasteiger partial charge < -0.3 is 9.47 Å². The minimum atomic E-state index is -3.43. The van der Waals surface area contributed by atoms with Gasteiger partial charge in [0.15, 0.2) is 0 Å². The molecule has 156 valence electrons. The topological polar surface area (TPSA) is 78.8 Å². The van der Waals surface area contributed by atoms with E-state index in [0.29, 0.717) is 44.8 Å². The maximum atomic E-state index is 12.9. The number of piperazine rings is 1. The van der Waals surface area contributed by atoms with Crippen LogP contribution in [0, 0.1) is 0 Å². The lowest BCUT2D eigenvalue weighted by atomic mass is 10.1. The highest BCUT2D eigenvalue weighted by Crippen LogP contribution is 2.19. The summed E-state index contributed by atoms with van der Waals surface area (Å²) in [7, 11) is -3.43. The second-order valence-corrected chi connectivity index (χ2v) is 9.46. The summed E-state index contributed by atoms with van der Waals surface area (Å²) >= 11 is 0. The van der Waals surface area contributed by atoms with Crippen molar-refractivity contribution in [2.75, 3.05) is 39.3 Å². The molecule has 9 heteroatoms. The molecule has 2 fully saturated rings. The van der Waals surface area contributed by atoms with Gasteiger partial charge in [-0.05, 0) is 37.1 Å². The van der Waals surface area contributed by atoms with Gasteiger partial charge in [0, 0.05) is 62.9 Å². The van der Waals surface area contributed by atoms with Gasteiger partial charge in [-0.3, -0.25) is 4.79 Å². The third kappa shape index (κ3) is 4.36. The lowest BCUT2D eigenvalue weighted by molar-refractivity contribution is 0.0694. The summed E-state index contributed by atoms with van der Waals surface area (Å²) in [6.07, 6.45) is 9.29. The lowest BCUT2D eigenvalue weighted by Gasteiger charge is -2.36. The first kappa shape index (κ1) is 20.1. The van der Waals surface area contributed by atoms with Gasteiger partial charge in [-0.15, -0.1) is 0 Å². The van der Waals surface area contributed by atoms with Crippen LogP contribution < -0.4 is 0 Å². The van der Waals surface area contributed by atoms with Crippen LogP contribution in [0.1, 0.15) is 36.0 Å². The van der Waals surface area contributed by atoms with Crippen LogP contribution in [-0.2, 0) is 10.2 Å². The van der Waals surface area contributed by atoms with Gasteiger partial charge in [0.2, 0.25) is 0 Å². The van der Waals surface area contributed by atoms with Crippen LogP contribution in [0.2, 0.25) is 0 Å². The Bertz CT molecular complexity index is 912. The van der Waals surface area contributed by atoms with E-state index < -0.39 is 10.2 Å². The number of hydrogen-bond acceptors (Lipinski definition) is 4. The number of benzene rings is 1. The molecule has 0 saturated carbocycles. The molecule has 29 heavy (non-hydrogen) atoms. The second kappa shape index (κ2) is 8.64. The SMILES string of the molecule is O=C(c1ccc(-n2ccnc2)cc1)N1CCN(S(=O)(=O)N2CCCCCC2)CC1. The number of hydrogen-bond donors (Lipinski definition) is 0. The Morgan fingerprint density at radius 2 is 1.45 bits per heavy atom. The van der Waals surface area contributed by atoms with Crippen molar-refractivity contribution in [3.05, 3.63) is 48.5 Å². The molecule has 0 bridgehead atoms. The molecule has 1 amide bonds. The Morgan fingerprint density at radius 1 is 0.828 bits per heavy atom. The Hall–Kier alpha value is -2.23. The number of carbonyl (C=O) groups excluding carboxylic acids is 1. The molecule has 2 aromatic rings. The molecule has 0 aliphatic carbocycles. The van der Waals surface area contributed by atoms with Crippen molar-refractivity contribution in [1.29, 1.82) is 0 Å². The molecule has 0 radical (unpaired) electrons. The van der Waals surface area contributed by atoms with Crippen molar-refractivity contribution >= 4 is 16.1 Å². The highest BCUT2D eigenvalue weighted by Gasteiger charge is 2.33. The highest BCUT2D eigenvalue weighted by atomic mass is 32.2. The van der Waals surface area contributed by atoms with Crippen LogP contribution in [0.25, 0.3) is 5.69 Å². The van der Waals surface area contributed by atoms with Gasteiger partial charge in [-0.2, -0.15) is 17.0 Å². The molecule has 0 atom stereocenters. The van der Waals surface area contributed by atoms with Crippen LogP contribution in [0.4, 0.5) is 0 Å². The summed E-state index contributed by atoms with van der Waals surface area (Å²) in [6.45, 7) is 2.72. The third-order valence-electron chi connectivity index (χ3n) is 5.66. The molecule has 1 aromatic carbocycles. The normalized spacial score (nSPS) is 19.8. The van der Waals surface area contributed by atoms with Crippen LogP contribution in [0.15, 0.2) is 43.0 Å². The molecule has 0 unspecified atom stereocenters. The molecule has 2 aliphatic rings. The van der Waals surface area contributed by atoms with Gasteiger partial charge >= 0.3 is 0 Å². The van der Waals surface area contributed by atoms with Gasteiger partial charge in [0.25, 0.3) is 16.1 Å². The monoisotopic (exact) mass is 417 g/mol. The Labute approximate surface area is 171 Å². The van der Waals surface area contributed by atoms with E-state index in [9.17, 15) is 13.2 Å². The van der Waals surface area contributed by atoms with Crippen molar-refractivity contribution < 1.29 is 13.2 Å². The van der Waals surface area contributed by atoms with Crippen molar-refractivity contribution in [3.8, 4) is 5.69 Å². The van der Waals surface area contributed by atoms with E-state index in [-0.39, 0.29) is 5.91 Å². The number of carbonyl (C=O) groups is 1. The molecule has 1 aromatic heterocycles. The number of aromatic nitrogens is 2. The molecule has 2 saturated heterocycles. The van der Waals surface area contributed by atoms with E-state index in [1.807, 2.05) is 22.9 Å². The van der Waals surface area contributed by atoms with E-state index in [2.05, 4.69) is 4.98 Å². The van der Waals surface area contributed by atoms with Crippen molar-refractivity contribution in [3.63, 3.8) is 0 Å². The fourth-order valence-corrected chi connectivity index (χ4v) is 5.60. The van der Waals surface area contributed by atoms with Crippen molar-refractivity contribution in [2.24, 2.45) is 0 Å². The number of imidazole rings is 1. The Kier molecular flexibility index (Phi) is 5.98. The van der Waals surface area contributed by atoms with Crippen LogP contribution >= 0.6 is 0 Å². The van der Waals surface area contributed by atoms with Crippen molar-refractivity contribution in [2.45, 2.75) is 25.7 Å². The lowest BCUT2D eigenvalue weighted by Crippen LogP contribution is -2.54. The predicted molar refractivity (Wildman–Crippen MR) is 110 cm³/mol. The molecule has 3 heterocycles. The zero-order valence-corrected chi connectivity index (χ0v) is 17.3. The Balaban J connectivity index is 1.37. The fourth-order valence-electron chi connectivity index (χ4n) is 3.93.